The van der Waals surface area contributed by atoms with Crippen molar-refractivity contribution in [3.8, 4) is 11.5 Å². The van der Waals surface area contributed by atoms with Gasteiger partial charge in [-0.15, -0.1) is 0 Å². The molecule has 5 atom stereocenters. The molecule has 3 unspecified atom stereocenters. The van der Waals surface area contributed by atoms with E-state index in [4.69, 9.17) is 34.2 Å². The highest BCUT2D eigenvalue weighted by atomic mass is 16.8. The van der Waals surface area contributed by atoms with Crippen LogP contribution in [0.15, 0.2) is 18.2 Å². The Morgan fingerprint density at radius 3 is 1.81 bits per heavy atom. The lowest BCUT2D eigenvalue weighted by molar-refractivity contribution is -0.155. The second kappa shape index (κ2) is 16.9. The van der Waals surface area contributed by atoms with Crippen molar-refractivity contribution in [2.75, 3.05) is 7.11 Å². The van der Waals surface area contributed by atoms with Crippen LogP contribution in [0.1, 0.15) is 87.1 Å². The second-order valence-electron chi connectivity index (χ2n) is 11.7. The minimum Gasteiger partial charge on any atom is -0.468 e. The van der Waals surface area contributed by atoms with Crippen LogP contribution in [0.4, 0.5) is 9.59 Å². The summed E-state index contributed by atoms with van der Waals surface area (Å²) in [6, 6.07) is 4.38. The molecule has 42 heavy (non-hydrogen) atoms. The first kappa shape index (κ1) is 36.7. The molecule has 0 aliphatic rings. The van der Waals surface area contributed by atoms with Crippen LogP contribution in [0.3, 0.4) is 0 Å². The number of hydrogen-bond acceptors (Lipinski definition) is 11. The lowest BCUT2D eigenvalue weighted by atomic mass is 9.86. The van der Waals surface area contributed by atoms with Gasteiger partial charge in [0.05, 0.1) is 7.11 Å². The van der Waals surface area contributed by atoms with E-state index in [2.05, 4.69) is 0 Å². The largest absolute Gasteiger partial charge is 0.514 e. The summed E-state index contributed by atoms with van der Waals surface area (Å²) < 4.78 is 31.8. The number of carbonyl (C=O) groups is 4. The van der Waals surface area contributed by atoms with Crippen LogP contribution in [-0.2, 0) is 35.0 Å². The molecule has 11 nitrogen and oxygen atoms in total. The number of rotatable bonds is 15. The molecule has 11 heteroatoms. The van der Waals surface area contributed by atoms with Crippen LogP contribution in [-0.4, -0.2) is 55.2 Å². The highest BCUT2D eigenvalue weighted by Gasteiger charge is 2.38. The van der Waals surface area contributed by atoms with Crippen LogP contribution < -0.4 is 15.2 Å². The molecule has 1 rings (SSSR count). The third-order valence-electron chi connectivity index (χ3n) is 7.14. The van der Waals surface area contributed by atoms with Crippen LogP contribution in [0.5, 0.6) is 11.5 Å². The molecule has 0 saturated heterocycles. The maximum atomic E-state index is 12.8. The average molecular weight is 596 g/mol. The van der Waals surface area contributed by atoms with Gasteiger partial charge in [0.2, 0.25) is 0 Å². The van der Waals surface area contributed by atoms with Crippen LogP contribution >= 0.6 is 0 Å². The summed E-state index contributed by atoms with van der Waals surface area (Å²) in [5.74, 6) is -1.08. The molecular weight excluding hydrogens is 546 g/mol. The molecule has 0 aliphatic heterocycles. The molecule has 0 aliphatic carbocycles. The summed E-state index contributed by atoms with van der Waals surface area (Å²) >= 11 is 0. The zero-order chi connectivity index (χ0) is 32.2. The molecule has 0 heterocycles. The lowest BCUT2D eigenvalue weighted by Crippen LogP contribution is -2.53. The topological polar surface area (TPSA) is 150 Å². The fourth-order valence-electron chi connectivity index (χ4n) is 3.68. The molecule has 0 amide bonds. The van der Waals surface area contributed by atoms with Crippen molar-refractivity contribution in [1.82, 2.24) is 0 Å². The van der Waals surface area contributed by atoms with Crippen LogP contribution in [0.2, 0.25) is 0 Å². The molecule has 1 aromatic rings. The van der Waals surface area contributed by atoms with E-state index >= 15 is 0 Å². The van der Waals surface area contributed by atoms with Gasteiger partial charge >= 0.3 is 24.2 Å². The first-order valence-electron chi connectivity index (χ1n) is 14.5. The maximum Gasteiger partial charge on any atom is 0.514 e. The van der Waals surface area contributed by atoms with Gasteiger partial charge in [-0.1, -0.05) is 54.0 Å². The average Bonchev–Trinajstić information content (AvgIpc) is 2.88. The van der Waals surface area contributed by atoms with E-state index in [-0.39, 0.29) is 54.5 Å². The van der Waals surface area contributed by atoms with Crippen molar-refractivity contribution in [3.63, 3.8) is 0 Å². The van der Waals surface area contributed by atoms with Crippen molar-refractivity contribution in [1.29, 1.82) is 0 Å². The number of nitrogens with two attached hydrogens (primary N) is 1. The number of methoxy groups -OCH3 is 1. The summed E-state index contributed by atoms with van der Waals surface area (Å²) in [7, 11) is 1.21. The van der Waals surface area contributed by atoms with Gasteiger partial charge in [0, 0.05) is 19.3 Å². The smallest absolute Gasteiger partial charge is 0.468 e. The highest BCUT2D eigenvalue weighted by Crippen LogP contribution is 2.32. The summed E-state index contributed by atoms with van der Waals surface area (Å²) in [5, 5.41) is 0. The Kier molecular flexibility index (Phi) is 14.8. The number of benzene rings is 1. The van der Waals surface area contributed by atoms with E-state index in [0.717, 1.165) is 6.42 Å². The van der Waals surface area contributed by atoms with E-state index < -0.39 is 42.1 Å². The van der Waals surface area contributed by atoms with Gasteiger partial charge in [-0.25, -0.2) is 9.59 Å². The zero-order valence-corrected chi connectivity index (χ0v) is 26.7. The van der Waals surface area contributed by atoms with Gasteiger partial charge in [-0.3, -0.25) is 9.59 Å². The quantitative estimate of drug-likeness (QED) is 0.145. The van der Waals surface area contributed by atoms with Crippen LogP contribution in [0.25, 0.3) is 0 Å². The minimum absolute atomic E-state index is 0.0336. The Morgan fingerprint density at radius 1 is 0.810 bits per heavy atom. The van der Waals surface area contributed by atoms with Gasteiger partial charge in [0.15, 0.2) is 11.5 Å². The molecule has 2 N–H and O–H groups in total. The molecule has 1 aromatic carbocycles. The van der Waals surface area contributed by atoms with E-state index in [0.29, 0.717) is 5.56 Å². The molecule has 238 valence electrons. The first-order valence-corrected chi connectivity index (χ1v) is 14.5. The first-order chi connectivity index (χ1) is 19.5. The number of esters is 2. The minimum atomic E-state index is -1.59. The van der Waals surface area contributed by atoms with E-state index in [1.807, 2.05) is 41.5 Å². The van der Waals surface area contributed by atoms with Gasteiger partial charge < -0.3 is 34.2 Å². The van der Waals surface area contributed by atoms with Gasteiger partial charge in [0.25, 0.3) is 0 Å². The standard InChI is InChI=1S/C31H49NO10/c1-11-20(6)14-27(33)38-21(7)16-31(32,28(34)37-10)17-24-12-13-25(41-29(35)39-22(8)18(2)3)26(15-24)42-30(36)40-23(9)19(4)5/h12-13,15,18-23H,11,14,16-17,32H2,1-10H3/t20?,21?,22-,23?,31+/m0/s1. The molecule has 0 bridgehead atoms. The highest BCUT2D eigenvalue weighted by molar-refractivity contribution is 5.81. The number of carbonyl (C=O) groups excluding carboxylic acids is 4. The summed E-state index contributed by atoms with van der Waals surface area (Å²) in [6.45, 7) is 16.6. The number of hydrogen-bond donors (Lipinski definition) is 1. The molecule has 0 radical (unpaired) electrons. The van der Waals surface area contributed by atoms with E-state index in [9.17, 15) is 19.2 Å². The van der Waals surface area contributed by atoms with Crippen molar-refractivity contribution in [2.45, 2.75) is 112 Å². The van der Waals surface area contributed by atoms with Gasteiger partial charge in [0.1, 0.15) is 23.9 Å². The maximum absolute atomic E-state index is 12.8. The molecule has 0 saturated carbocycles. The third-order valence-corrected chi connectivity index (χ3v) is 7.14. The molecule has 0 fully saturated rings. The summed E-state index contributed by atoms with van der Waals surface area (Å²) in [4.78, 5) is 50.1. The van der Waals surface area contributed by atoms with Gasteiger partial charge in [-0.05, 0) is 56.2 Å². The third kappa shape index (κ3) is 12.3. The predicted octanol–water partition coefficient (Wildman–Crippen LogP) is 5.98. The molecular formula is C31H49NO10. The summed E-state index contributed by atoms with van der Waals surface area (Å²) in [6.07, 6.45) is -2.56. The van der Waals surface area contributed by atoms with Gasteiger partial charge in [-0.2, -0.15) is 0 Å². The van der Waals surface area contributed by atoms with E-state index in [1.54, 1.807) is 26.8 Å². The monoisotopic (exact) mass is 595 g/mol. The SMILES string of the molecule is CCC(C)CC(=O)OC(C)C[C@@](N)(Cc1ccc(OC(=O)O[C@@H](C)C(C)C)c(OC(=O)OC(C)C(C)C)c1)C(=O)OC. The Hall–Kier alpha value is -3.34. The van der Waals surface area contributed by atoms with Crippen molar-refractivity contribution < 1.29 is 47.6 Å². The lowest BCUT2D eigenvalue weighted by Gasteiger charge is -2.29. The molecule has 0 aromatic heterocycles. The van der Waals surface area contributed by atoms with Crippen molar-refractivity contribution >= 4 is 24.2 Å². The predicted molar refractivity (Wildman–Crippen MR) is 156 cm³/mol. The van der Waals surface area contributed by atoms with Crippen LogP contribution in [0, 0.1) is 17.8 Å². The number of ether oxygens (including phenoxy) is 6. The fraction of sp³-hybridized carbons (Fsp3) is 0.677. The molecule has 0 spiro atoms. The van der Waals surface area contributed by atoms with E-state index in [1.165, 1.54) is 19.2 Å². The normalized spacial score (nSPS) is 15.5. The van der Waals surface area contributed by atoms with Crippen molar-refractivity contribution in [3.05, 3.63) is 23.8 Å². The summed E-state index contributed by atoms with van der Waals surface area (Å²) in [5.41, 5.74) is 5.40. The van der Waals surface area contributed by atoms with Crippen molar-refractivity contribution in [2.24, 2.45) is 23.5 Å². The Labute approximate surface area is 249 Å². The Balaban J connectivity index is 3.28. The zero-order valence-electron chi connectivity index (χ0n) is 26.7. The second-order valence-corrected chi connectivity index (χ2v) is 11.7. The fourth-order valence-corrected chi connectivity index (χ4v) is 3.68. The Bertz CT molecular complexity index is 1060. The Morgan fingerprint density at radius 2 is 1.33 bits per heavy atom.